The number of aromatic amines is 1. The van der Waals surface area contributed by atoms with Crippen molar-refractivity contribution in [2.45, 2.75) is 18.8 Å². The Kier molecular flexibility index (Phi) is 3.37. The van der Waals surface area contributed by atoms with E-state index in [1.54, 1.807) is 0 Å². The summed E-state index contributed by atoms with van der Waals surface area (Å²) >= 11 is 0. The number of nitrogens with one attached hydrogen (secondary N) is 1. The van der Waals surface area contributed by atoms with E-state index in [4.69, 9.17) is 0 Å². The van der Waals surface area contributed by atoms with Gasteiger partial charge in [0, 0.05) is 22.7 Å². The molecule has 1 aromatic carbocycles. The van der Waals surface area contributed by atoms with Gasteiger partial charge >= 0.3 is 0 Å². The quantitative estimate of drug-likeness (QED) is 0.526. The van der Waals surface area contributed by atoms with Crippen molar-refractivity contribution in [1.29, 1.82) is 0 Å². The molecule has 1 aliphatic rings. The highest BCUT2D eigenvalue weighted by Gasteiger charge is 2.23. The standard InChI is InChI=1S/C16H16N2O2/c19-18(20)11-14(12-6-2-1-3-7-12)16-10-13-8-4-5-9-15(13)17-16/h1-7,10,14,17H,8-9,11H2/t14-/m0/s1. The third kappa shape index (κ3) is 2.50. The Morgan fingerprint density at radius 2 is 1.95 bits per heavy atom. The zero-order chi connectivity index (χ0) is 13.9. The van der Waals surface area contributed by atoms with Gasteiger partial charge in [-0.1, -0.05) is 42.5 Å². The lowest BCUT2D eigenvalue weighted by molar-refractivity contribution is -0.481. The van der Waals surface area contributed by atoms with Crippen LogP contribution in [0, 0.1) is 10.1 Å². The highest BCUT2D eigenvalue weighted by atomic mass is 16.6. The largest absolute Gasteiger partial charge is 0.361 e. The SMILES string of the molecule is O=[N+]([O-])C[C@@H](c1ccccc1)c1cc2c([nH]1)CC=CC2. The van der Waals surface area contributed by atoms with E-state index < -0.39 is 0 Å². The van der Waals surface area contributed by atoms with Gasteiger partial charge in [-0.2, -0.15) is 0 Å². The van der Waals surface area contributed by atoms with Gasteiger partial charge in [-0.15, -0.1) is 0 Å². The highest BCUT2D eigenvalue weighted by Crippen LogP contribution is 2.28. The number of nitrogens with zero attached hydrogens (tertiary/aromatic N) is 1. The summed E-state index contributed by atoms with van der Waals surface area (Å²) in [6.07, 6.45) is 6.07. The molecule has 0 amide bonds. The lowest BCUT2D eigenvalue weighted by Gasteiger charge is -2.11. The van der Waals surface area contributed by atoms with Crippen LogP contribution in [-0.2, 0) is 12.8 Å². The number of fused-ring (bicyclic) bond motifs is 1. The van der Waals surface area contributed by atoms with Crippen LogP contribution in [0.25, 0.3) is 0 Å². The number of nitro groups is 1. The van der Waals surface area contributed by atoms with Gasteiger partial charge in [-0.25, -0.2) is 0 Å². The Hall–Kier alpha value is -2.36. The van der Waals surface area contributed by atoms with Crippen LogP contribution in [0.15, 0.2) is 48.6 Å². The van der Waals surface area contributed by atoms with Crippen molar-refractivity contribution in [3.63, 3.8) is 0 Å². The second-order valence-electron chi connectivity index (χ2n) is 5.09. The van der Waals surface area contributed by atoms with Crippen molar-refractivity contribution in [1.82, 2.24) is 4.98 Å². The zero-order valence-electron chi connectivity index (χ0n) is 11.1. The van der Waals surface area contributed by atoms with Crippen molar-refractivity contribution >= 4 is 0 Å². The molecule has 20 heavy (non-hydrogen) atoms. The van der Waals surface area contributed by atoms with Crippen LogP contribution >= 0.6 is 0 Å². The summed E-state index contributed by atoms with van der Waals surface area (Å²) in [6.45, 7) is -0.0865. The molecule has 2 aromatic rings. The monoisotopic (exact) mass is 268 g/mol. The molecule has 0 saturated heterocycles. The summed E-state index contributed by atoms with van der Waals surface area (Å²) in [4.78, 5) is 14.1. The van der Waals surface area contributed by atoms with Crippen molar-refractivity contribution in [3.05, 3.63) is 81.2 Å². The number of hydrogen-bond acceptors (Lipinski definition) is 2. The number of rotatable bonds is 4. The van der Waals surface area contributed by atoms with Crippen LogP contribution < -0.4 is 0 Å². The molecule has 0 unspecified atom stereocenters. The molecular weight excluding hydrogens is 252 g/mol. The summed E-state index contributed by atoms with van der Waals surface area (Å²) in [7, 11) is 0. The van der Waals surface area contributed by atoms with Gasteiger partial charge in [0.15, 0.2) is 0 Å². The van der Waals surface area contributed by atoms with Crippen LogP contribution in [0.1, 0.15) is 28.4 Å². The van der Waals surface area contributed by atoms with E-state index in [9.17, 15) is 10.1 Å². The molecule has 0 spiro atoms. The van der Waals surface area contributed by atoms with Crippen molar-refractivity contribution < 1.29 is 4.92 Å². The molecule has 1 aliphatic carbocycles. The van der Waals surface area contributed by atoms with Crippen LogP contribution in [0.2, 0.25) is 0 Å². The first-order valence-electron chi connectivity index (χ1n) is 6.76. The van der Waals surface area contributed by atoms with Crippen molar-refractivity contribution in [2.24, 2.45) is 0 Å². The van der Waals surface area contributed by atoms with E-state index in [-0.39, 0.29) is 17.4 Å². The number of H-pyrrole nitrogens is 1. The maximum atomic E-state index is 11.0. The van der Waals surface area contributed by atoms with Crippen LogP contribution in [0.5, 0.6) is 0 Å². The zero-order valence-corrected chi connectivity index (χ0v) is 11.1. The maximum absolute atomic E-state index is 11.0. The number of aromatic nitrogens is 1. The van der Waals surface area contributed by atoms with Gasteiger partial charge in [0.2, 0.25) is 6.54 Å². The third-order valence-electron chi connectivity index (χ3n) is 3.75. The Bertz CT molecular complexity index is 618. The average molecular weight is 268 g/mol. The minimum Gasteiger partial charge on any atom is -0.361 e. The van der Waals surface area contributed by atoms with E-state index in [0.29, 0.717) is 0 Å². The summed E-state index contributed by atoms with van der Waals surface area (Å²) in [5, 5.41) is 11.0. The van der Waals surface area contributed by atoms with Crippen LogP contribution in [-0.4, -0.2) is 16.5 Å². The Balaban J connectivity index is 1.97. The fourth-order valence-electron chi connectivity index (χ4n) is 2.75. The van der Waals surface area contributed by atoms with Crippen LogP contribution in [0.3, 0.4) is 0 Å². The van der Waals surface area contributed by atoms with E-state index in [1.165, 1.54) is 11.3 Å². The lowest BCUT2D eigenvalue weighted by Crippen LogP contribution is -2.14. The Labute approximate surface area is 117 Å². The molecule has 3 rings (SSSR count). The van der Waals surface area contributed by atoms with Crippen molar-refractivity contribution in [3.8, 4) is 0 Å². The fourth-order valence-corrected chi connectivity index (χ4v) is 2.75. The highest BCUT2D eigenvalue weighted by molar-refractivity contribution is 5.37. The Morgan fingerprint density at radius 3 is 2.65 bits per heavy atom. The second kappa shape index (κ2) is 5.33. The van der Waals surface area contributed by atoms with Gasteiger partial charge in [-0.3, -0.25) is 10.1 Å². The summed E-state index contributed by atoms with van der Waals surface area (Å²) < 4.78 is 0. The van der Waals surface area contributed by atoms with Crippen LogP contribution in [0.4, 0.5) is 0 Å². The van der Waals surface area contributed by atoms with E-state index in [1.807, 2.05) is 30.3 Å². The molecule has 1 aromatic heterocycles. The summed E-state index contributed by atoms with van der Waals surface area (Å²) in [5.41, 5.74) is 4.37. The molecule has 0 fully saturated rings. The molecule has 0 bridgehead atoms. The molecule has 1 heterocycles. The topological polar surface area (TPSA) is 58.9 Å². The molecule has 1 atom stereocenters. The Morgan fingerprint density at radius 1 is 1.20 bits per heavy atom. The molecule has 4 nitrogen and oxygen atoms in total. The van der Waals surface area contributed by atoms with Gasteiger partial charge in [0.1, 0.15) is 0 Å². The minimum atomic E-state index is -0.240. The lowest BCUT2D eigenvalue weighted by atomic mass is 9.95. The van der Waals surface area contributed by atoms with Gasteiger partial charge in [0.25, 0.3) is 0 Å². The molecule has 0 saturated carbocycles. The fraction of sp³-hybridized carbons (Fsp3) is 0.250. The van der Waals surface area contributed by atoms with E-state index >= 15 is 0 Å². The first-order chi connectivity index (χ1) is 9.74. The smallest absolute Gasteiger partial charge is 0.216 e. The first kappa shape index (κ1) is 12.7. The molecule has 4 heteroatoms. The molecule has 1 N–H and O–H groups in total. The number of hydrogen-bond donors (Lipinski definition) is 1. The summed E-state index contributed by atoms with van der Waals surface area (Å²) in [6, 6.07) is 11.8. The van der Waals surface area contributed by atoms with Gasteiger partial charge in [0.05, 0.1) is 5.92 Å². The maximum Gasteiger partial charge on any atom is 0.216 e. The average Bonchev–Trinajstić information content (AvgIpc) is 2.89. The number of benzene rings is 1. The van der Waals surface area contributed by atoms with Crippen molar-refractivity contribution in [2.75, 3.05) is 6.54 Å². The first-order valence-corrected chi connectivity index (χ1v) is 6.76. The summed E-state index contributed by atoms with van der Waals surface area (Å²) in [5.74, 6) is -0.211. The second-order valence-corrected chi connectivity index (χ2v) is 5.09. The van der Waals surface area contributed by atoms with E-state index in [2.05, 4.69) is 23.2 Å². The molecule has 0 aliphatic heterocycles. The van der Waals surface area contributed by atoms with Gasteiger partial charge < -0.3 is 4.98 Å². The normalized spacial score (nSPS) is 14.8. The molecular formula is C16H16N2O2. The third-order valence-corrected chi connectivity index (χ3v) is 3.75. The van der Waals surface area contributed by atoms with Gasteiger partial charge in [-0.05, 0) is 23.6 Å². The molecule has 0 radical (unpaired) electrons. The number of allylic oxidation sites excluding steroid dienone is 2. The predicted molar refractivity (Wildman–Crippen MR) is 77.5 cm³/mol. The minimum absolute atomic E-state index is 0.0865. The molecule has 102 valence electrons. The van der Waals surface area contributed by atoms with E-state index in [0.717, 1.165) is 24.1 Å². The predicted octanol–water partition coefficient (Wildman–Crippen LogP) is 3.08.